The van der Waals surface area contributed by atoms with Crippen LogP contribution in [0.1, 0.15) is 25.5 Å². The monoisotopic (exact) mass is 279 g/mol. The highest BCUT2D eigenvalue weighted by atomic mass is 16.5. The first-order valence-electron chi connectivity index (χ1n) is 6.88. The van der Waals surface area contributed by atoms with E-state index in [0.29, 0.717) is 6.54 Å². The Morgan fingerprint density at radius 1 is 1.45 bits per heavy atom. The lowest BCUT2D eigenvalue weighted by Crippen LogP contribution is -2.44. The van der Waals surface area contributed by atoms with Crippen LogP contribution >= 0.6 is 0 Å². The van der Waals surface area contributed by atoms with E-state index in [1.54, 1.807) is 14.2 Å². The van der Waals surface area contributed by atoms with Gasteiger partial charge in [-0.3, -0.25) is 9.69 Å². The first-order chi connectivity index (χ1) is 9.54. The van der Waals surface area contributed by atoms with Crippen molar-refractivity contribution in [3.05, 3.63) is 29.8 Å². The summed E-state index contributed by atoms with van der Waals surface area (Å²) in [5.41, 5.74) is 7.17. The number of hydrogen-bond acceptors (Lipinski definition) is 4. The summed E-state index contributed by atoms with van der Waals surface area (Å²) in [6.07, 6.45) is 0. The van der Waals surface area contributed by atoms with Gasteiger partial charge in [-0.25, -0.2) is 0 Å². The minimum atomic E-state index is -0.115. The Labute approximate surface area is 121 Å². The van der Waals surface area contributed by atoms with E-state index in [4.69, 9.17) is 10.5 Å². The molecule has 0 bridgehead atoms. The van der Waals surface area contributed by atoms with E-state index in [9.17, 15) is 4.79 Å². The van der Waals surface area contributed by atoms with E-state index in [0.717, 1.165) is 17.9 Å². The van der Waals surface area contributed by atoms with Crippen molar-refractivity contribution in [1.82, 2.24) is 10.2 Å². The maximum atomic E-state index is 11.7. The van der Waals surface area contributed by atoms with Gasteiger partial charge in [-0.1, -0.05) is 25.1 Å². The highest BCUT2D eigenvalue weighted by molar-refractivity contribution is 5.77. The summed E-state index contributed by atoms with van der Waals surface area (Å²) in [4.78, 5) is 13.7. The molecular weight excluding hydrogens is 254 g/mol. The normalized spacial score (nSPS) is 13.9. The molecule has 0 aliphatic rings. The number of nitrogens with zero attached hydrogens (tertiary/aromatic N) is 1. The molecule has 0 spiro atoms. The van der Waals surface area contributed by atoms with E-state index in [-0.39, 0.29) is 18.0 Å². The summed E-state index contributed by atoms with van der Waals surface area (Å²) in [5, 5.41) is 2.65. The van der Waals surface area contributed by atoms with Crippen LogP contribution in [0.5, 0.6) is 5.75 Å². The summed E-state index contributed by atoms with van der Waals surface area (Å²) in [7, 11) is 3.28. The Morgan fingerprint density at radius 2 is 2.10 bits per heavy atom. The molecule has 5 heteroatoms. The predicted octanol–water partition coefficient (Wildman–Crippen LogP) is 1.15. The molecule has 0 aliphatic carbocycles. The van der Waals surface area contributed by atoms with Gasteiger partial charge >= 0.3 is 0 Å². The number of carbonyl (C=O) groups excluding carboxylic acids is 1. The number of nitrogens with one attached hydrogen (secondary N) is 1. The molecule has 0 fully saturated rings. The lowest BCUT2D eigenvalue weighted by Gasteiger charge is -2.34. The smallest absolute Gasteiger partial charge is 0.233 e. The zero-order valence-corrected chi connectivity index (χ0v) is 12.7. The second kappa shape index (κ2) is 7.87. The molecule has 0 heterocycles. The largest absolute Gasteiger partial charge is 0.496 e. The zero-order valence-electron chi connectivity index (χ0n) is 12.7. The summed E-state index contributed by atoms with van der Waals surface area (Å²) < 4.78 is 5.42. The second-order valence-corrected chi connectivity index (χ2v) is 4.78. The van der Waals surface area contributed by atoms with Crippen molar-refractivity contribution in [2.75, 3.05) is 27.2 Å². The summed E-state index contributed by atoms with van der Waals surface area (Å²) in [6.45, 7) is 5.02. The first-order valence-corrected chi connectivity index (χ1v) is 6.88. The van der Waals surface area contributed by atoms with Crippen LogP contribution in [0.25, 0.3) is 0 Å². The Bertz CT molecular complexity index is 435. The van der Waals surface area contributed by atoms with Crippen molar-refractivity contribution >= 4 is 5.91 Å². The van der Waals surface area contributed by atoms with Crippen LogP contribution in [-0.4, -0.2) is 44.1 Å². The highest BCUT2D eigenvalue weighted by Gasteiger charge is 2.26. The number of amides is 1. The number of ether oxygens (including phenoxy) is 1. The fourth-order valence-electron chi connectivity index (χ4n) is 2.39. The third kappa shape index (κ3) is 3.95. The molecule has 5 nitrogen and oxygen atoms in total. The standard InChI is InChI=1S/C15H25N3O2/c1-5-18(10-14(19)17-3)15(11(2)16)12-8-6-7-9-13(12)20-4/h6-9,11,15H,5,10,16H2,1-4H3,(H,17,19). The molecule has 1 rings (SSSR count). The van der Waals surface area contributed by atoms with Crippen LogP contribution in [-0.2, 0) is 4.79 Å². The van der Waals surface area contributed by atoms with Crippen molar-refractivity contribution in [2.24, 2.45) is 5.73 Å². The second-order valence-electron chi connectivity index (χ2n) is 4.78. The summed E-state index contributed by atoms with van der Waals surface area (Å²) in [5.74, 6) is 0.776. The van der Waals surface area contributed by atoms with Gasteiger partial charge in [0.05, 0.1) is 19.7 Å². The molecule has 0 saturated heterocycles. The molecule has 1 aromatic rings. The average molecular weight is 279 g/mol. The van der Waals surface area contributed by atoms with E-state index >= 15 is 0 Å². The van der Waals surface area contributed by atoms with Crippen molar-refractivity contribution in [3.63, 3.8) is 0 Å². The van der Waals surface area contributed by atoms with E-state index in [2.05, 4.69) is 10.2 Å². The van der Waals surface area contributed by atoms with Gasteiger partial charge in [0.2, 0.25) is 5.91 Å². The highest BCUT2D eigenvalue weighted by Crippen LogP contribution is 2.30. The number of nitrogens with two attached hydrogens (primary N) is 1. The summed E-state index contributed by atoms with van der Waals surface area (Å²) in [6, 6.07) is 7.62. The van der Waals surface area contributed by atoms with Crippen molar-refractivity contribution in [2.45, 2.75) is 25.9 Å². The number of para-hydroxylation sites is 1. The molecule has 0 aliphatic heterocycles. The van der Waals surface area contributed by atoms with Crippen LogP contribution in [0.2, 0.25) is 0 Å². The molecule has 0 aromatic heterocycles. The number of methoxy groups -OCH3 is 1. The molecule has 0 radical (unpaired) electrons. The van der Waals surface area contributed by atoms with Crippen molar-refractivity contribution < 1.29 is 9.53 Å². The van der Waals surface area contributed by atoms with E-state index in [1.807, 2.05) is 38.1 Å². The van der Waals surface area contributed by atoms with Crippen LogP contribution in [0.15, 0.2) is 24.3 Å². The Morgan fingerprint density at radius 3 is 2.60 bits per heavy atom. The van der Waals surface area contributed by atoms with Gasteiger partial charge in [-0.2, -0.15) is 0 Å². The van der Waals surface area contributed by atoms with E-state index < -0.39 is 0 Å². The van der Waals surface area contributed by atoms with Crippen LogP contribution in [0.4, 0.5) is 0 Å². The van der Waals surface area contributed by atoms with Gasteiger partial charge in [-0.05, 0) is 19.5 Å². The SMILES string of the molecule is CCN(CC(=O)NC)C(c1ccccc1OC)C(C)N. The average Bonchev–Trinajstić information content (AvgIpc) is 2.46. The fourth-order valence-corrected chi connectivity index (χ4v) is 2.39. The van der Waals surface area contributed by atoms with Gasteiger partial charge < -0.3 is 15.8 Å². The quantitative estimate of drug-likeness (QED) is 0.786. The van der Waals surface area contributed by atoms with Gasteiger partial charge in [0, 0.05) is 18.7 Å². The molecule has 20 heavy (non-hydrogen) atoms. The van der Waals surface area contributed by atoms with Gasteiger partial charge in [0.15, 0.2) is 0 Å². The molecule has 2 atom stereocenters. The Hall–Kier alpha value is -1.59. The molecule has 3 N–H and O–H groups in total. The van der Waals surface area contributed by atoms with Gasteiger partial charge in [0.1, 0.15) is 5.75 Å². The van der Waals surface area contributed by atoms with Crippen molar-refractivity contribution in [3.8, 4) is 5.75 Å². The Kier molecular flexibility index (Phi) is 6.48. The molecular formula is C15H25N3O2. The maximum absolute atomic E-state index is 11.7. The zero-order chi connectivity index (χ0) is 15.1. The third-order valence-electron chi connectivity index (χ3n) is 3.38. The molecule has 1 amide bonds. The van der Waals surface area contributed by atoms with Gasteiger partial charge in [-0.15, -0.1) is 0 Å². The number of rotatable bonds is 7. The minimum Gasteiger partial charge on any atom is -0.496 e. The first kappa shape index (κ1) is 16.5. The van der Waals surface area contributed by atoms with Crippen LogP contribution in [0, 0.1) is 0 Å². The lowest BCUT2D eigenvalue weighted by molar-refractivity contribution is -0.122. The topological polar surface area (TPSA) is 67.6 Å². The maximum Gasteiger partial charge on any atom is 0.233 e. The fraction of sp³-hybridized carbons (Fsp3) is 0.533. The number of hydrogen-bond donors (Lipinski definition) is 2. The number of carbonyl (C=O) groups is 1. The number of benzene rings is 1. The molecule has 112 valence electrons. The van der Waals surface area contributed by atoms with Gasteiger partial charge in [0.25, 0.3) is 0 Å². The lowest BCUT2D eigenvalue weighted by atomic mass is 9.98. The predicted molar refractivity (Wildman–Crippen MR) is 80.7 cm³/mol. The van der Waals surface area contributed by atoms with Crippen LogP contribution in [0.3, 0.4) is 0 Å². The Balaban J connectivity index is 3.11. The number of likely N-dealkylation sites (N-methyl/N-ethyl adjacent to an activating group) is 2. The van der Waals surface area contributed by atoms with E-state index in [1.165, 1.54) is 0 Å². The minimum absolute atomic E-state index is 0.0209. The third-order valence-corrected chi connectivity index (χ3v) is 3.38. The van der Waals surface area contributed by atoms with Crippen LogP contribution < -0.4 is 15.8 Å². The molecule has 1 aromatic carbocycles. The molecule has 2 unspecified atom stereocenters. The molecule has 0 saturated carbocycles. The van der Waals surface area contributed by atoms with Crippen molar-refractivity contribution in [1.29, 1.82) is 0 Å². The summed E-state index contributed by atoms with van der Waals surface area (Å²) >= 11 is 0.